The molecule has 2 atom stereocenters. The molecule has 0 radical (unpaired) electrons. The minimum absolute atomic E-state index is 0.0320. The number of aliphatic hydroxyl groups is 2. The zero-order valence-corrected chi connectivity index (χ0v) is 18.5. The Kier molecular flexibility index (Phi) is 6.97. The molecule has 4 rings (SSSR count). The molecule has 2 fully saturated rings. The minimum Gasteiger partial charge on any atom is -0.390 e. The fourth-order valence-electron chi connectivity index (χ4n) is 4.86. The molecule has 0 saturated carbocycles. The molecule has 166 valence electrons. The number of halogens is 1. The number of β-amino-alcohol motifs (C(OH)–C–C–N with tert-alkyl or cyclic N) is 1. The first kappa shape index (κ1) is 22.3. The smallest absolute Gasteiger partial charge is 0.227 e. The Morgan fingerprint density at radius 3 is 2.35 bits per heavy atom. The van der Waals surface area contributed by atoms with Gasteiger partial charge in [0.1, 0.15) is 5.60 Å². The molecule has 2 aromatic carbocycles. The van der Waals surface area contributed by atoms with Gasteiger partial charge in [-0.2, -0.15) is 0 Å². The van der Waals surface area contributed by atoms with Crippen molar-refractivity contribution in [3.8, 4) is 0 Å². The number of hydrogen-bond acceptors (Lipinski definition) is 4. The maximum Gasteiger partial charge on any atom is 0.227 e. The quantitative estimate of drug-likeness (QED) is 0.746. The van der Waals surface area contributed by atoms with E-state index in [0.29, 0.717) is 30.5 Å². The highest BCUT2D eigenvalue weighted by Gasteiger charge is 2.44. The van der Waals surface area contributed by atoms with Crippen LogP contribution in [0.25, 0.3) is 0 Å². The highest BCUT2D eigenvalue weighted by atomic mass is 35.5. The van der Waals surface area contributed by atoms with E-state index in [1.807, 2.05) is 18.2 Å². The number of rotatable bonds is 5. The lowest BCUT2D eigenvalue weighted by Crippen LogP contribution is -2.63. The zero-order chi connectivity index (χ0) is 21.8. The van der Waals surface area contributed by atoms with Crippen LogP contribution in [0.4, 0.5) is 0 Å². The monoisotopic (exact) mass is 442 g/mol. The van der Waals surface area contributed by atoms with Gasteiger partial charge in [0.05, 0.1) is 19.1 Å². The Hall–Kier alpha value is -1.92. The van der Waals surface area contributed by atoms with Gasteiger partial charge in [-0.25, -0.2) is 0 Å². The average molecular weight is 443 g/mol. The number of nitrogens with zero attached hydrogens (tertiary/aromatic N) is 2. The van der Waals surface area contributed by atoms with Crippen LogP contribution in [0.2, 0.25) is 5.02 Å². The topological polar surface area (TPSA) is 64.0 Å². The Morgan fingerprint density at radius 1 is 1.00 bits per heavy atom. The van der Waals surface area contributed by atoms with Crippen LogP contribution in [0.15, 0.2) is 54.6 Å². The molecule has 0 spiro atoms. The number of benzene rings is 2. The summed E-state index contributed by atoms with van der Waals surface area (Å²) in [4.78, 5) is 16.8. The molecular formula is C25H31ClN2O3. The summed E-state index contributed by atoms with van der Waals surface area (Å²) >= 11 is 5.93. The molecule has 5 nitrogen and oxygen atoms in total. The number of carbonyl (C=O) groups is 1. The SMILES string of the molecule is O=C(Cc1ccc(Cl)cc1)N1CC[C@H](O)[C@@](O)(CN2CCC(c3ccccc3)CC2)C1. The largest absolute Gasteiger partial charge is 0.390 e. The van der Waals surface area contributed by atoms with E-state index in [1.54, 1.807) is 17.0 Å². The third-order valence-corrected chi connectivity index (χ3v) is 6.99. The van der Waals surface area contributed by atoms with Gasteiger partial charge in [0.25, 0.3) is 0 Å². The molecule has 2 N–H and O–H groups in total. The molecule has 2 aromatic rings. The number of carbonyl (C=O) groups excluding carboxylic acids is 1. The Balaban J connectivity index is 1.34. The lowest BCUT2D eigenvalue weighted by molar-refractivity contribution is -0.156. The summed E-state index contributed by atoms with van der Waals surface area (Å²) in [7, 11) is 0. The van der Waals surface area contributed by atoms with E-state index in [-0.39, 0.29) is 18.9 Å². The average Bonchev–Trinajstić information content (AvgIpc) is 2.78. The van der Waals surface area contributed by atoms with Gasteiger partial charge in [-0.3, -0.25) is 4.79 Å². The van der Waals surface area contributed by atoms with E-state index in [2.05, 4.69) is 29.2 Å². The van der Waals surface area contributed by atoms with Crippen LogP contribution in [0, 0.1) is 0 Å². The van der Waals surface area contributed by atoms with Crippen LogP contribution in [-0.4, -0.2) is 70.3 Å². The van der Waals surface area contributed by atoms with E-state index in [0.717, 1.165) is 31.5 Å². The summed E-state index contributed by atoms with van der Waals surface area (Å²) < 4.78 is 0. The lowest BCUT2D eigenvalue weighted by atomic mass is 9.86. The van der Waals surface area contributed by atoms with Crippen molar-refractivity contribution < 1.29 is 15.0 Å². The lowest BCUT2D eigenvalue weighted by Gasteiger charge is -2.46. The summed E-state index contributed by atoms with van der Waals surface area (Å²) in [5.74, 6) is 0.510. The first-order chi connectivity index (χ1) is 14.9. The first-order valence-electron chi connectivity index (χ1n) is 11.1. The summed E-state index contributed by atoms with van der Waals surface area (Å²) in [5.41, 5.74) is 0.970. The highest BCUT2D eigenvalue weighted by Crippen LogP contribution is 2.30. The van der Waals surface area contributed by atoms with Crippen LogP contribution in [0.1, 0.15) is 36.3 Å². The number of amides is 1. The summed E-state index contributed by atoms with van der Waals surface area (Å²) in [6.07, 6.45) is 1.92. The van der Waals surface area contributed by atoms with E-state index in [9.17, 15) is 15.0 Å². The maximum absolute atomic E-state index is 12.8. The van der Waals surface area contributed by atoms with Gasteiger partial charge in [-0.05, 0) is 61.5 Å². The molecule has 0 bridgehead atoms. The van der Waals surface area contributed by atoms with Gasteiger partial charge in [0.2, 0.25) is 5.91 Å². The number of hydrogen-bond donors (Lipinski definition) is 2. The number of likely N-dealkylation sites (tertiary alicyclic amines) is 2. The van der Waals surface area contributed by atoms with Crippen molar-refractivity contribution in [3.63, 3.8) is 0 Å². The van der Waals surface area contributed by atoms with Crippen LogP contribution < -0.4 is 0 Å². The van der Waals surface area contributed by atoms with Crippen LogP contribution >= 0.6 is 11.6 Å². The van der Waals surface area contributed by atoms with Gasteiger partial charge in [0, 0.05) is 18.1 Å². The highest BCUT2D eigenvalue weighted by molar-refractivity contribution is 6.30. The standard InChI is InChI=1S/C25H31ClN2O3/c26-22-8-6-19(7-9-22)16-24(30)28-15-12-23(29)25(31,18-28)17-27-13-10-21(11-14-27)20-4-2-1-3-5-20/h1-9,21,23,29,31H,10-18H2/t23-,25+/m0/s1. The predicted molar refractivity (Wildman–Crippen MR) is 122 cm³/mol. The normalized spacial score (nSPS) is 25.5. The Bertz CT molecular complexity index is 868. The Morgan fingerprint density at radius 2 is 1.68 bits per heavy atom. The fraction of sp³-hybridized carbons (Fsp3) is 0.480. The van der Waals surface area contributed by atoms with Crippen LogP contribution in [-0.2, 0) is 11.2 Å². The summed E-state index contributed by atoms with van der Waals surface area (Å²) in [5, 5.41) is 22.5. The molecule has 2 heterocycles. The molecule has 0 aliphatic carbocycles. The first-order valence-corrected chi connectivity index (χ1v) is 11.5. The summed E-state index contributed by atoms with van der Waals surface area (Å²) in [6, 6.07) is 17.8. The summed E-state index contributed by atoms with van der Waals surface area (Å²) in [6.45, 7) is 2.78. The van der Waals surface area contributed by atoms with Crippen molar-refractivity contribution in [2.75, 3.05) is 32.7 Å². The van der Waals surface area contributed by atoms with Gasteiger partial charge in [0.15, 0.2) is 0 Å². The molecule has 2 aliphatic heterocycles. The number of aliphatic hydroxyl groups excluding tert-OH is 1. The van der Waals surface area contributed by atoms with Gasteiger partial charge in [-0.1, -0.05) is 54.1 Å². The van der Waals surface area contributed by atoms with Crippen molar-refractivity contribution in [1.82, 2.24) is 9.80 Å². The molecule has 2 aliphatic rings. The zero-order valence-electron chi connectivity index (χ0n) is 17.8. The van der Waals surface area contributed by atoms with Crippen molar-refractivity contribution in [3.05, 3.63) is 70.7 Å². The maximum atomic E-state index is 12.8. The van der Waals surface area contributed by atoms with E-state index in [1.165, 1.54) is 5.56 Å². The van der Waals surface area contributed by atoms with E-state index >= 15 is 0 Å². The molecule has 0 aromatic heterocycles. The van der Waals surface area contributed by atoms with Crippen LogP contribution in [0.5, 0.6) is 0 Å². The van der Waals surface area contributed by atoms with Crippen molar-refractivity contribution in [1.29, 1.82) is 0 Å². The third-order valence-electron chi connectivity index (χ3n) is 6.73. The minimum atomic E-state index is -1.30. The molecule has 31 heavy (non-hydrogen) atoms. The second kappa shape index (κ2) is 9.70. The van der Waals surface area contributed by atoms with E-state index in [4.69, 9.17) is 11.6 Å². The van der Waals surface area contributed by atoms with Crippen molar-refractivity contribution in [2.45, 2.75) is 43.3 Å². The third kappa shape index (κ3) is 5.47. The van der Waals surface area contributed by atoms with E-state index < -0.39 is 11.7 Å². The van der Waals surface area contributed by atoms with Gasteiger partial charge < -0.3 is 20.0 Å². The van der Waals surface area contributed by atoms with Crippen molar-refractivity contribution in [2.24, 2.45) is 0 Å². The molecule has 6 heteroatoms. The van der Waals surface area contributed by atoms with Gasteiger partial charge >= 0.3 is 0 Å². The van der Waals surface area contributed by atoms with Crippen LogP contribution in [0.3, 0.4) is 0 Å². The number of piperidine rings is 2. The second-order valence-electron chi connectivity index (χ2n) is 8.99. The predicted octanol–water partition coefficient (Wildman–Crippen LogP) is 3.09. The molecule has 1 amide bonds. The Labute approximate surface area is 189 Å². The van der Waals surface area contributed by atoms with Crippen molar-refractivity contribution >= 4 is 17.5 Å². The van der Waals surface area contributed by atoms with Gasteiger partial charge in [-0.15, -0.1) is 0 Å². The fourth-order valence-corrected chi connectivity index (χ4v) is 4.98. The molecule has 0 unspecified atom stereocenters. The molecule has 2 saturated heterocycles. The second-order valence-corrected chi connectivity index (χ2v) is 9.42. The molecular weight excluding hydrogens is 412 g/mol.